The summed E-state index contributed by atoms with van der Waals surface area (Å²) in [4.78, 5) is 12.0. The number of nitrogens with zero attached hydrogens (tertiary/aromatic N) is 3. The summed E-state index contributed by atoms with van der Waals surface area (Å²) >= 11 is 0. The van der Waals surface area contributed by atoms with Crippen molar-refractivity contribution in [1.29, 1.82) is 0 Å². The van der Waals surface area contributed by atoms with Crippen molar-refractivity contribution in [3.05, 3.63) is 47.5 Å². The number of aryl methyl sites for hydroxylation is 1. The number of amides is 1. The fourth-order valence-corrected chi connectivity index (χ4v) is 1.76. The number of rotatable bonds is 5. The molecule has 0 atom stereocenters. The lowest BCUT2D eigenvalue weighted by atomic mass is 10.1. The molecule has 6 nitrogen and oxygen atoms in total. The molecule has 0 bridgehead atoms. The topological polar surface area (TPSA) is 85.8 Å². The second-order valence-electron chi connectivity index (χ2n) is 4.28. The molecule has 0 saturated carbocycles. The van der Waals surface area contributed by atoms with E-state index in [1.807, 2.05) is 25.2 Å². The average molecular weight is 259 g/mol. The summed E-state index contributed by atoms with van der Waals surface area (Å²) in [5.41, 5.74) is 7.20. The molecule has 3 N–H and O–H groups in total. The Kier molecular flexibility index (Phi) is 4.25. The highest BCUT2D eigenvalue weighted by Crippen LogP contribution is 2.06. The van der Waals surface area contributed by atoms with E-state index in [0.29, 0.717) is 24.5 Å². The van der Waals surface area contributed by atoms with Crippen molar-refractivity contribution in [2.75, 3.05) is 6.54 Å². The summed E-state index contributed by atoms with van der Waals surface area (Å²) in [6, 6.07) is 7.47. The Hall–Kier alpha value is -2.21. The van der Waals surface area contributed by atoms with Crippen LogP contribution in [-0.2, 0) is 20.0 Å². The first kappa shape index (κ1) is 13.2. The van der Waals surface area contributed by atoms with Crippen molar-refractivity contribution < 1.29 is 4.79 Å². The summed E-state index contributed by atoms with van der Waals surface area (Å²) in [5, 5.41) is 10.5. The number of carbonyl (C=O) groups excluding carboxylic acids is 1. The summed E-state index contributed by atoms with van der Waals surface area (Å²) in [6.45, 7) is 0.931. The van der Waals surface area contributed by atoms with Crippen LogP contribution < -0.4 is 11.1 Å². The predicted molar refractivity (Wildman–Crippen MR) is 71.4 cm³/mol. The molecule has 19 heavy (non-hydrogen) atoms. The number of hydrogen-bond donors (Lipinski definition) is 2. The van der Waals surface area contributed by atoms with Gasteiger partial charge in [0.25, 0.3) is 5.91 Å². The molecule has 0 fully saturated rings. The minimum Gasteiger partial charge on any atom is -0.345 e. The molecule has 0 saturated heterocycles. The van der Waals surface area contributed by atoms with Crippen LogP contribution in [0.25, 0.3) is 0 Å². The highest BCUT2D eigenvalue weighted by atomic mass is 16.1. The van der Waals surface area contributed by atoms with Crippen LogP contribution in [0.2, 0.25) is 0 Å². The Morgan fingerprint density at radius 2 is 2.32 bits per heavy atom. The van der Waals surface area contributed by atoms with Gasteiger partial charge in [0.05, 0.1) is 6.54 Å². The Bertz CT molecular complexity index is 564. The van der Waals surface area contributed by atoms with Crippen LogP contribution in [0.5, 0.6) is 0 Å². The monoisotopic (exact) mass is 259 g/mol. The number of nitrogens with one attached hydrogen (secondary N) is 1. The normalized spacial score (nSPS) is 10.4. The van der Waals surface area contributed by atoms with Gasteiger partial charge < -0.3 is 15.6 Å². The van der Waals surface area contributed by atoms with Crippen molar-refractivity contribution >= 4 is 5.91 Å². The number of nitrogens with two attached hydrogens (primary N) is 1. The van der Waals surface area contributed by atoms with Crippen LogP contribution >= 0.6 is 0 Å². The fourth-order valence-electron chi connectivity index (χ4n) is 1.76. The maximum atomic E-state index is 12.0. The first-order valence-corrected chi connectivity index (χ1v) is 6.11. The molecular formula is C13H17N5O. The lowest BCUT2D eigenvalue weighted by Crippen LogP contribution is -2.24. The van der Waals surface area contributed by atoms with E-state index >= 15 is 0 Å². The van der Waals surface area contributed by atoms with Crippen LogP contribution in [-0.4, -0.2) is 27.2 Å². The van der Waals surface area contributed by atoms with Crippen molar-refractivity contribution in [1.82, 2.24) is 20.1 Å². The molecule has 1 amide bonds. The van der Waals surface area contributed by atoms with Crippen LogP contribution in [0, 0.1) is 0 Å². The van der Waals surface area contributed by atoms with Crippen LogP contribution in [0.3, 0.4) is 0 Å². The molecule has 0 unspecified atom stereocenters. The molecule has 6 heteroatoms. The molecule has 1 aromatic heterocycles. The third-order valence-electron chi connectivity index (χ3n) is 2.83. The number of benzene rings is 1. The lowest BCUT2D eigenvalue weighted by Gasteiger charge is -2.06. The van der Waals surface area contributed by atoms with E-state index < -0.39 is 0 Å². The highest BCUT2D eigenvalue weighted by molar-refractivity contribution is 5.94. The standard InChI is InChI=1S/C13H17N5O/c1-18-9-16-17-12(18)8-15-13(19)11-4-2-3-10(7-11)5-6-14/h2-4,7,9H,5-6,8,14H2,1H3,(H,15,19). The number of carbonyl (C=O) groups is 1. The first-order valence-electron chi connectivity index (χ1n) is 6.11. The maximum absolute atomic E-state index is 12.0. The highest BCUT2D eigenvalue weighted by Gasteiger charge is 2.07. The number of aromatic nitrogens is 3. The van der Waals surface area contributed by atoms with Crippen LogP contribution in [0.4, 0.5) is 0 Å². The maximum Gasteiger partial charge on any atom is 0.251 e. The quantitative estimate of drug-likeness (QED) is 0.805. The van der Waals surface area contributed by atoms with Crippen molar-refractivity contribution in [2.24, 2.45) is 12.8 Å². The van der Waals surface area contributed by atoms with Gasteiger partial charge in [-0.15, -0.1) is 10.2 Å². The van der Waals surface area contributed by atoms with E-state index in [2.05, 4.69) is 15.5 Å². The molecule has 0 spiro atoms. The Morgan fingerprint density at radius 1 is 1.47 bits per heavy atom. The molecule has 0 aliphatic carbocycles. The average Bonchev–Trinajstić information content (AvgIpc) is 2.82. The summed E-state index contributed by atoms with van der Waals surface area (Å²) in [5.74, 6) is 0.591. The predicted octanol–water partition coefficient (Wildman–Crippen LogP) is 0.246. The molecular weight excluding hydrogens is 242 g/mol. The smallest absolute Gasteiger partial charge is 0.251 e. The summed E-state index contributed by atoms with van der Waals surface area (Å²) in [7, 11) is 1.84. The fraction of sp³-hybridized carbons (Fsp3) is 0.308. The van der Waals surface area contributed by atoms with Crippen LogP contribution in [0.15, 0.2) is 30.6 Å². The van der Waals surface area contributed by atoms with E-state index in [4.69, 9.17) is 5.73 Å². The van der Waals surface area contributed by atoms with E-state index in [0.717, 1.165) is 12.0 Å². The van der Waals surface area contributed by atoms with Gasteiger partial charge in [0.2, 0.25) is 0 Å². The van der Waals surface area contributed by atoms with Gasteiger partial charge >= 0.3 is 0 Å². The third-order valence-corrected chi connectivity index (χ3v) is 2.83. The van der Waals surface area contributed by atoms with E-state index in [9.17, 15) is 4.79 Å². The summed E-state index contributed by atoms with van der Waals surface area (Å²) in [6.07, 6.45) is 2.37. The van der Waals surface area contributed by atoms with Crippen molar-refractivity contribution in [3.8, 4) is 0 Å². The summed E-state index contributed by atoms with van der Waals surface area (Å²) < 4.78 is 1.77. The zero-order chi connectivity index (χ0) is 13.7. The largest absolute Gasteiger partial charge is 0.345 e. The molecule has 2 aromatic rings. The zero-order valence-corrected chi connectivity index (χ0v) is 10.8. The SMILES string of the molecule is Cn1cnnc1CNC(=O)c1cccc(CCN)c1. The number of hydrogen-bond acceptors (Lipinski definition) is 4. The minimum absolute atomic E-state index is 0.123. The minimum atomic E-state index is -0.123. The Morgan fingerprint density at radius 3 is 3.00 bits per heavy atom. The lowest BCUT2D eigenvalue weighted by molar-refractivity contribution is 0.0949. The van der Waals surface area contributed by atoms with Gasteiger partial charge in [-0.25, -0.2) is 0 Å². The van der Waals surface area contributed by atoms with E-state index in [-0.39, 0.29) is 5.91 Å². The Balaban J connectivity index is 2.00. The van der Waals surface area contributed by atoms with Gasteiger partial charge in [-0.05, 0) is 30.7 Å². The van der Waals surface area contributed by atoms with Gasteiger partial charge in [0.15, 0.2) is 5.82 Å². The van der Waals surface area contributed by atoms with E-state index in [1.54, 1.807) is 17.0 Å². The Labute approximate surface area is 111 Å². The molecule has 1 aromatic carbocycles. The second kappa shape index (κ2) is 6.10. The zero-order valence-electron chi connectivity index (χ0n) is 10.8. The van der Waals surface area contributed by atoms with Gasteiger partial charge in [0.1, 0.15) is 6.33 Å². The molecule has 0 aliphatic heterocycles. The van der Waals surface area contributed by atoms with Gasteiger partial charge in [-0.3, -0.25) is 4.79 Å². The first-order chi connectivity index (χ1) is 9.20. The molecule has 0 aliphatic rings. The van der Waals surface area contributed by atoms with Gasteiger partial charge in [0, 0.05) is 12.6 Å². The third kappa shape index (κ3) is 3.38. The van der Waals surface area contributed by atoms with Gasteiger partial charge in [-0.1, -0.05) is 12.1 Å². The molecule has 2 rings (SSSR count). The molecule has 1 heterocycles. The van der Waals surface area contributed by atoms with Gasteiger partial charge in [-0.2, -0.15) is 0 Å². The second-order valence-corrected chi connectivity index (χ2v) is 4.28. The van der Waals surface area contributed by atoms with Crippen LogP contribution in [0.1, 0.15) is 21.7 Å². The van der Waals surface area contributed by atoms with E-state index in [1.165, 1.54) is 0 Å². The molecule has 0 radical (unpaired) electrons. The van der Waals surface area contributed by atoms with Crippen molar-refractivity contribution in [2.45, 2.75) is 13.0 Å². The molecule has 100 valence electrons. The van der Waals surface area contributed by atoms with Crippen molar-refractivity contribution in [3.63, 3.8) is 0 Å².